The molecule has 0 spiro atoms. The minimum atomic E-state index is -0.724. The van der Waals surface area contributed by atoms with Gasteiger partial charge in [0.2, 0.25) is 5.88 Å². The SMILES string of the molecule is CCOC(=O)C1=C(N)Oc2c(c(=O)[nH]c3ccc(OC)cc23)C1c1ccccc1. The molecule has 148 valence electrons. The largest absolute Gasteiger partial charge is 0.497 e. The Bertz CT molecular complexity index is 1180. The quantitative estimate of drug-likeness (QED) is 0.662. The summed E-state index contributed by atoms with van der Waals surface area (Å²) in [5, 5.41) is 0.630. The van der Waals surface area contributed by atoms with Crippen molar-refractivity contribution in [3.8, 4) is 11.5 Å². The summed E-state index contributed by atoms with van der Waals surface area (Å²) in [6.07, 6.45) is 0. The Hall–Kier alpha value is -3.74. The molecule has 3 N–H and O–H groups in total. The van der Waals surface area contributed by atoms with Gasteiger partial charge in [-0.25, -0.2) is 4.79 Å². The Balaban J connectivity index is 2.04. The van der Waals surface area contributed by atoms with Crippen LogP contribution in [0, 0.1) is 0 Å². The zero-order valence-corrected chi connectivity index (χ0v) is 16.0. The Morgan fingerprint density at radius 2 is 1.97 bits per heavy atom. The van der Waals surface area contributed by atoms with Gasteiger partial charge in [0.1, 0.15) is 17.1 Å². The maximum absolute atomic E-state index is 13.1. The number of H-pyrrole nitrogens is 1. The molecule has 1 aromatic heterocycles. The van der Waals surface area contributed by atoms with E-state index in [9.17, 15) is 9.59 Å². The molecule has 0 bridgehead atoms. The highest BCUT2D eigenvalue weighted by atomic mass is 16.5. The standard InChI is InChI=1S/C22H20N2O5/c1-3-28-22(26)18-16(12-7-5-4-6-8-12)17-19(29-20(18)23)14-11-13(27-2)9-10-15(14)24-21(17)25/h4-11,16H,3,23H2,1-2H3,(H,24,25). The number of nitrogens with one attached hydrogen (secondary N) is 1. The number of benzene rings is 2. The van der Waals surface area contributed by atoms with E-state index >= 15 is 0 Å². The molecule has 1 aliphatic rings. The maximum Gasteiger partial charge on any atom is 0.340 e. The number of nitrogens with two attached hydrogens (primary N) is 1. The topological polar surface area (TPSA) is 104 Å². The summed E-state index contributed by atoms with van der Waals surface area (Å²) in [5.74, 6) is -0.514. The van der Waals surface area contributed by atoms with Crippen molar-refractivity contribution in [1.29, 1.82) is 0 Å². The molecule has 0 saturated heterocycles. The number of pyridine rings is 1. The molecular formula is C22H20N2O5. The van der Waals surface area contributed by atoms with Gasteiger partial charge in [0, 0.05) is 5.39 Å². The Morgan fingerprint density at radius 1 is 1.21 bits per heavy atom. The molecule has 0 aliphatic carbocycles. The van der Waals surface area contributed by atoms with E-state index in [-0.39, 0.29) is 23.6 Å². The van der Waals surface area contributed by atoms with Crippen LogP contribution in [0.25, 0.3) is 10.9 Å². The van der Waals surface area contributed by atoms with Crippen molar-refractivity contribution in [2.24, 2.45) is 5.73 Å². The van der Waals surface area contributed by atoms with Crippen molar-refractivity contribution < 1.29 is 19.0 Å². The fourth-order valence-corrected chi connectivity index (χ4v) is 3.61. The lowest BCUT2D eigenvalue weighted by molar-refractivity contribution is -0.139. The molecule has 7 heteroatoms. The van der Waals surface area contributed by atoms with Crippen molar-refractivity contribution in [3.05, 3.63) is 81.5 Å². The predicted octanol–water partition coefficient (Wildman–Crippen LogP) is 2.79. The molecule has 0 fully saturated rings. The predicted molar refractivity (Wildman–Crippen MR) is 108 cm³/mol. The van der Waals surface area contributed by atoms with E-state index in [1.807, 2.05) is 30.3 Å². The fraction of sp³-hybridized carbons (Fsp3) is 0.182. The molecule has 3 aromatic rings. The van der Waals surface area contributed by atoms with Gasteiger partial charge in [-0.2, -0.15) is 0 Å². The summed E-state index contributed by atoms with van der Waals surface area (Å²) in [6.45, 7) is 1.88. The first-order valence-electron chi connectivity index (χ1n) is 9.18. The first-order chi connectivity index (χ1) is 14.0. The zero-order chi connectivity index (χ0) is 20.5. The van der Waals surface area contributed by atoms with Crippen LogP contribution in [0.5, 0.6) is 11.5 Å². The van der Waals surface area contributed by atoms with Gasteiger partial charge in [0.15, 0.2) is 0 Å². The van der Waals surface area contributed by atoms with E-state index in [0.717, 1.165) is 5.56 Å². The second-order valence-corrected chi connectivity index (χ2v) is 6.55. The van der Waals surface area contributed by atoms with Crippen LogP contribution in [0.1, 0.15) is 24.0 Å². The summed E-state index contributed by atoms with van der Waals surface area (Å²) in [4.78, 5) is 28.6. The van der Waals surface area contributed by atoms with Gasteiger partial charge >= 0.3 is 5.97 Å². The third-order valence-corrected chi connectivity index (χ3v) is 4.89. The molecule has 7 nitrogen and oxygen atoms in total. The highest BCUT2D eigenvalue weighted by molar-refractivity contribution is 5.95. The van der Waals surface area contributed by atoms with Crippen LogP contribution in [0.2, 0.25) is 0 Å². The molecule has 29 heavy (non-hydrogen) atoms. The van der Waals surface area contributed by atoms with E-state index in [0.29, 0.717) is 28.0 Å². The highest BCUT2D eigenvalue weighted by Gasteiger charge is 2.38. The second-order valence-electron chi connectivity index (χ2n) is 6.55. The van der Waals surface area contributed by atoms with Gasteiger partial charge in [0.25, 0.3) is 5.56 Å². The monoisotopic (exact) mass is 392 g/mol. The first-order valence-corrected chi connectivity index (χ1v) is 9.18. The van der Waals surface area contributed by atoms with Crippen LogP contribution in [-0.4, -0.2) is 24.7 Å². The average Bonchev–Trinajstić information content (AvgIpc) is 2.73. The molecule has 2 aromatic carbocycles. The number of rotatable bonds is 4. The van der Waals surface area contributed by atoms with Crippen LogP contribution in [0.15, 0.2) is 64.8 Å². The lowest BCUT2D eigenvalue weighted by Crippen LogP contribution is -2.32. The maximum atomic E-state index is 13.1. The number of carbonyl (C=O) groups is 1. The number of hydrogen-bond acceptors (Lipinski definition) is 6. The summed E-state index contributed by atoms with van der Waals surface area (Å²) >= 11 is 0. The number of esters is 1. The molecule has 1 aliphatic heterocycles. The van der Waals surface area contributed by atoms with Gasteiger partial charge < -0.3 is 24.9 Å². The number of methoxy groups -OCH3 is 1. The van der Waals surface area contributed by atoms with Crippen molar-refractivity contribution in [2.75, 3.05) is 13.7 Å². The number of carbonyl (C=O) groups excluding carboxylic acids is 1. The summed E-state index contributed by atoms with van der Waals surface area (Å²) in [6, 6.07) is 14.4. The van der Waals surface area contributed by atoms with E-state index < -0.39 is 11.9 Å². The fourth-order valence-electron chi connectivity index (χ4n) is 3.61. The molecule has 4 rings (SSSR count). The van der Waals surface area contributed by atoms with Gasteiger partial charge in [0.05, 0.1) is 30.7 Å². The van der Waals surface area contributed by atoms with Gasteiger partial charge in [-0.3, -0.25) is 4.79 Å². The number of ether oxygens (including phenoxy) is 3. The van der Waals surface area contributed by atoms with Crippen molar-refractivity contribution in [2.45, 2.75) is 12.8 Å². The molecule has 2 heterocycles. The van der Waals surface area contributed by atoms with E-state index in [1.165, 1.54) is 0 Å². The molecular weight excluding hydrogens is 372 g/mol. The molecule has 1 unspecified atom stereocenters. The molecule has 0 amide bonds. The number of fused-ring (bicyclic) bond motifs is 3. The minimum Gasteiger partial charge on any atom is -0.497 e. The summed E-state index contributed by atoms with van der Waals surface area (Å²) < 4.78 is 16.3. The number of aromatic nitrogens is 1. The summed E-state index contributed by atoms with van der Waals surface area (Å²) in [7, 11) is 1.56. The molecule has 0 saturated carbocycles. The van der Waals surface area contributed by atoms with Crippen LogP contribution in [-0.2, 0) is 9.53 Å². The van der Waals surface area contributed by atoms with Crippen molar-refractivity contribution >= 4 is 16.9 Å². The van der Waals surface area contributed by atoms with Gasteiger partial charge in [-0.05, 0) is 30.7 Å². The van der Waals surface area contributed by atoms with Crippen LogP contribution in [0.4, 0.5) is 0 Å². The lowest BCUT2D eigenvalue weighted by atomic mass is 9.83. The summed E-state index contributed by atoms with van der Waals surface area (Å²) in [5.41, 5.74) is 7.54. The van der Waals surface area contributed by atoms with Gasteiger partial charge in [-0.1, -0.05) is 30.3 Å². The third kappa shape index (κ3) is 3.10. The Morgan fingerprint density at radius 3 is 2.66 bits per heavy atom. The van der Waals surface area contributed by atoms with Crippen molar-refractivity contribution in [3.63, 3.8) is 0 Å². The number of hydrogen-bond donors (Lipinski definition) is 2. The molecule has 0 radical (unpaired) electrons. The van der Waals surface area contributed by atoms with Crippen LogP contribution >= 0.6 is 0 Å². The lowest BCUT2D eigenvalue weighted by Gasteiger charge is -2.28. The van der Waals surface area contributed by atoms with Gasteiger partial charge in [-0.15, -0.1) is 0 Å². The minimum absolute atomic E-state index is 0.0838. The van der Waals surface area contributed by atoms with E-state index in [1.54, 1.807) is 32.2 Å². The normalized spacial score (nSPS) is 15.6. The van der Waals surface area contributed by atoms with E-state index in [2.05, 4.69) is 4.98 Å². The Kier molecular flexibility index (Phi) is 4.72. The number of aromatic amines is 1. The highest BCUT2D eigenvalue weighted by Crippen LogP contribution is 2.44. The van der Waals surface area contributed by atoms with E-state index in [4.69, 9.17) is 19.9 Å². The second kappa shape index (κ2) is 7.35. The van der Waals surface area contributed by atoms with Crippen LogP contribution in [0.3, 0.4) is 0 Å². The van der Waals surface area contributed by atoms with Crippen molar-refractivity contribution in [1.82, 2.24) is 4.98 Å². The average molecular weight is 392 g/mol. The zero-order valence-electron chi connectivity index (χ0n) is 16.0. The molecule has 1 atom stereocenters. The van der Waals surface area contributed by atoms with Crippen LogP contribution < -0.4 is 20.8 Å². The first kappa shape index (κ1) is 18.6. The smallest absolute Gasteiger partial charge is 0.340 e. The third-order valence-electron chi connectivity index (χ3n) is 4.89. The Labute approximate surface area is 166 Å².